The Kier molecular flexibility index (Phi) is 2.82. The quantitative estimate of drug-likeness (QED) is 0.872. The molecule has 0 aliphatic rings. The highest BCUT2D eigenvalue weighted by molar-refractivity contribution is 7.02. The van der Waals surface area contributed by atoms with Gasteiger partial charge in [0.2, 0.25) is 5.89 Å². The summed E-state index contributed by atoms with van der Waals surface area (Å²) in [5.41, 5.74) is 1.25. The van der Waals surface area contributed by atoms with E-state index in [4.69, 9.17) is 9.52 Å². The maximum absolute atomic E-state index is 10.8. The normalized spacial score (nSPS) is 10.2. The van der Waals surface area contributed by atoms with E-state index in [2.05, 4.69) is 4.37 Å². The molecular formula is C10H7NO4S. The van der Waals surface area contributed by atoms with Crippen LogP contribution in [0.5, 0.6) is 0 Å². The predicted octanol–water partition coefficient (Wildman–Crippen LogP) is 1.39. The van der Waals surface area contributed by atoms with E-state index in [9.17, 15) is 9.59 Å². The molecule has 0 bridgehead atoms. The third-order valence-electron chi connectivity index (χ3n) is 1.91. The second-order valence-corrected chi connectivity index (χ2v) is 3.81. The van der Waals surface area contributed by atoms with Gasteiger partial charge in [-0.3, -0.25) is 4.79 Å². The fourth-order valence-corrected chi connectivity index (χ4v) is 1.71. The molecular weight excluding hydrogens is 230 g/mol. The average molecular weight is 237 g/mol. The third kappa shape index (κ3) is 2.34. The number of rotatable bonds is 3. The fraction of sp³-hybridized carbons (Fsp3) is 0.100. The molecule has 0 saturated heterocycles. The minimum absolute atomic E-state index is 0.0673. The van der Waals surface area contributed by atoms with Crippen LogP contribution in [0.15, 0.2) is 33.5 Å². The Morgan fingerprint density at radius 1 is 1.50 bits per heavy atom. The SMILES string of the molecule is O=C(O)Cc1cccc(-c2nsc(=O)o2)c1. The van der Waals surface area contributed by atoms with Crippen LogP contribution in [0, 0.1) is 0 Å². The maximum Gasteiger partial charge on any atom is 0.414 e. The molecule has 1 aromatic heterocycles. The van der Waals surface area contributed by atoms with Crippen LogP contribution in [0.3, 0.4) is 0 Å². The minimum Gasteiger partial charge on any atom is -0.481 e. The Hall–Kier alpha value is -1.95. The van der Waals surface area contributed by atoms with E-state index < -0.39 is 10.9 Å². The van der Waals surface area contributed by atoms with E-state index in [-0.39, 0.29) is 12.3 Å². The van der Waals surface area contributed by atoms with Gasteiger partial charge in [0.15, 0.2) is 0 Å². The fourth-order valence-electron chi connectivity index (χ4n) is 1.30. The molecule has 1 heterocycles. The van der Waals surface area contributed by atoms with Crippen LogP contribution in [0.4, 0.5) is 0 Å². The molecule has 82 valence electrons. The second-order valence-electron chi connectivity index (χ2n) is 3.11. The number of hydrogen-bond donors (Lipinski definition) is 1. The number of benzene rings is 1. The summed E-state index contributed by atoms with van der Waals surface area (Å²) in [6.45, 7) is 0. The number of carboxylic acid groups (broad SMARTS) is 1. The maximum atomic E-state index is 10.8. The lowest BCUT2D eigenvalue weighted by atomic mass is 10.1. The Morgan fingerprint density at radius 2 is 2.31 bits per heavy atom. The van der Waals surface area contributed by atoms with Crippen LogP contribution in [-0.4, -0.2) is 15.4 Å². The molecule has 1 aromatic carbocycles. The van der Waals surface area contributed by atoms with E-state index in [0.29, 0.717) is 11.1 Å². The zero-order valence-corrected chi connectivity index (χ0v) is 8.86. The molecule has 0 unspecified atom stereocenters. The van der Waals surface area contributed by atoms with E-state index in [1.807, 2.05) is 0 Å². The van der Waals surface area contributed by atoms with Gasteiger partial charge in [-0.2, -0.15) is 0 Å². The first-order valence-electron chi connectivity index (χ1n) is 4.43. The molecule has 0 spiro atoms. The summed E-state index contributed by atoms with van der Waals surface area (Å²) >= 11 is 0.730. The van der Waals surface area contributed by atoms with Crippen LogP contribution < -0.4 is 4.94 Å². The molecule has 0 aliphatic heterocycles. The molecule has 0 atom stereocenters. The topological polar surface area (TPSA) is 80.4 Å². The highest BCUT2D eigenvalue weighted by Crippen LogP contribution is 2.18. The summed E-state index contributed by atoms with van der Waals surface area (Å²) in [7, 11) is 0. The molecule has 6 heteroatoms. The largest absolute Gasteiger partial charge is 0.481 e. The number of carbonyl (C=O) groups is 1. The van der Waals surface area contributed by atoms with Gasteiger partial charge in [-0.25, -0.2) is 4.79 Å². The van der Waals surface area contributed by atoms with Crippen molar-refractivity contribution < 1.29 is 14.3 Å². The first-order chi connectivity index (χ1) is 7.65. The van der Waals surface area contributed by atoms with Gasteiger partial charge in [0.25, 0.3) is 0 Å². The zero-order chi connectivity index (χ0) is 11.5. The first kappa shape index (κ1) is 10.6. The Labute approximate surface area is 94.1 Å². The lowest BCUT2D eigenvalue weighted by Crippen LogP contribution is -1.99. The van der Waals surface area contributed by atoms with Crippen molar-refractivity contribution in [1.29, 1.82) is 0 Å². The van der Waals surface area contributed by atoms with E-state index in [1.165, 1.54) is 0 Å². The standard InChI is InChI=1S/C10H7NO4S/c12-8(13)5-6-2-1-3-7(4-6)9-11-16-10(14)15-9/h1-4H,5H2,(H,12,13). The van der Waals surface area contributed by atoms with Crippen LogP contribution >= 0.6 is 11.5 Å². The van der Waals surface area contributed by atoms with Crippen molar-refractivity contribution in [2.45, 2.75) is 6.42 Å². The van der Waals surface area contributed by atoms with Crippen LogP contribution in [0.1, 0.15) is 5.56 Å². The van der Waals surface area contributed by atoms with Gasteiger partial charge < -0.3 is 9.52 Å². The Bertz CT molecular complexity index is 572. The van der Waals surface area contributed by atoms with Crippen LogP contribution in [0.2, 0.25) is 0 Å². The zero-order valence-electron chi connectivity index (χ0n) is 8.04. The molecule has 0 fully saturated rings. The smallest absolute Gasteiger partial charge is 0.414 e. The lowest BCUT2D eigenvalue weighted by molar-refractivity contribution is -0.136. The van der Waals surface area contributed by atoms with Gasteiger partial charge in [-0.1, -0.05) is 12.1 Å². The first-order valence-corrected chi connectivity index (χ1v) is 5.20. The van der Waals surface area contributed by atoms with Crippen molar-refractivity contribution in [3.63, 3.8) is 0 Å². The Morgan fingerprint density at radius 3 is 2.94 bits per heavy atom. The molecule has 0 aliphatic carbocycles. The molecule has 0 radical (unpaired) electrons. The minimum atomic E-state index is -0.906. The number of hydrogen-bond acceptors (Lipinski definition) is 5. The van der Waals surface area contributed by atoms with Gasteiger partial charge >= 0.3 is 10.9 Å². The highest BCUT2D eigenvalue weighted by Gasteiger charge is 2.07. The van der Waals surface area contributed by atoms with Crippen molar-refractivity contribution >= 4 is 17.5 Å². The number of nitrogens with zero attached hydrogens (tertiary/aromatic N) is 1. The molecule has 16 heavy (non-hydrogen) atoms. The summed E-state index contributed by atoms with van der Waals surface area (Å²) in [5.74, 6) is -0.681. The van der Waals surface area contributed by atoms with Crippen LogP contribution in [-0.2, 0) is 11.2 Å². The van der Waals surface area contributed by atoms with Crippen LogP contribution in [0.25, 0.3) is 11.5 Å². The van der Waals surface area contributed by atoms with Gasteiger partial charge in [0.1, 0.15) is 0 Å². The average Bonchev–Trinajstić information content (AvgIpc) is 2.64. The predicted molar refractivity (Wildman–Crippen MR) is 57.4 cm³/mol. The van der Waals surface area contributed by atoms with E-state index in [1.54, 1.807) is 24.3 Å². The summed E-state index contributed by atoms with van der Waals surface area (Å²) in [6.07, 6.45) is -0.0673. The Balaban J connectivity index is 2.35. The van der Waals surface area contributed by atoms with Crippen molar-refractivity contribution in [1.82, 2.24) is 4.37 Å². The highest BCUT2D eigenvalue weighted by atomic mass is 32.1. The number of aliphatic carboxylic acids is 1. The van der Waals surface area contributed by atoms with Gasteiger partial charge in [-0.05, 0) is 17.7 Å². The second kappa shape index (κ2) is 4.28. The molecule has 0 saturated carbocycles. The molecule has 1 N–H and O–H groups in total. The third-order valence-corrected chi connectivity index (χ3v) is 2.40. The summed E-state index contributed by atoms with van der Waals surface area (Å²) in [4.78, 5) is 20.9. The van der Waals surface area contributed by atoms with Crippen molar-refractivity contribution in [2.24, 2.45) is 0 Å². The number of carboxylic acids is 1. The van der Waals surface area contributed by atoms with Crippen molar-refractivity contribution in [3.05, 3.63) is 39.6 Å². The van der Waals surface area contributed by atoms with Gasteiger partial charge in [0, 0.05) is 5.56 Å². The van der Waals surface area contributed by atoms with E-state index in [0.717, 1.165) is 11.5 Å². The summed E-state index contributed by atoms with van der Waals surface area (Å²) in [5, 5.41) is 8.65. The molecule has 5 nitrogen and oxygen atoms in total. The van der Waals surface area contributed by atoms with Gasteiger partial charge in [-0.15, -0.1) is 4.37 Å². The summed E-state index contributed by atoms with van der Waals surface area (Å²) < 4.78 is 8.66. The number of aromatic nitrogens is 1. The van der Waals surface area contributed by atoms with Crippen molar-refractivity contribution in [2.75, 3.05) is 0 Å². The lowest BCUT2D eigenvalue weighted by Gasteiger charge is -1.98. The molecule has 2 rings (SSSR count). The summed E-state index contributed by atoms with van der Waals surface area (Å²) in [6, 6.07) is 6.75. The molecule has 0 amide bonds. The van der Waals surface area contributed by atoms with E-state index >= 15 is 0 Å². The van der Waals surface area contributed by atoms with Crippen molar-refractivity contribution in [3.8, 4) is 11.5 Å². The monoisotopic (exact) mass is 237 g/mol. The molecule has 2 aromatic rings. The van der Waals surface area contributed by atoms with Gasteiger partial charge in [0.05, 0.1) is 18.0 Å².